The van der Waals surface area contributed by atoms with E-state index in [0.29, 0.717) is 30.1 Å². The number of hydrogen-bond acceptors (Lipinski definition) is 4. The van der Waals surface area contributed by atoms with Crippen LogP contribution < -0.4 is 0 Å². The normalized spacial score (nSPS) is 24.4. The smallest absolute Gasteiger partial charge is 0.230 e. The number of fused-ring (bicyclic) bond motifs is 1. The molecule has 1 aromatic heterocycles. The predicted molar refractivity (Wildman–Crippen MR) is 89.2 cm³/mol. The summed E-state index contributed by atoms with van der Waals surface area (Å²) in [5.74, 6) is 1.87. The van der Waals surface area contributed by atoms with Gasteiger partial charge in [-0.1, -0.05) is 19.0 Å². The Labute approximate surface area is 143 Å². The molecule has 3 rings (SSSR count). The van der Waals surface area contributed by atoms with E-state index in [0.717, 1.165) is 38.2 Å². The van der Waals surface area contributed by atoms with Gasteiger partial charge in [-0.15, -0.1) is 0 Å². The minimum Gasteiger partial charge on any atom is -0.361 e. The molecule has 0 aromatic carbocycles. The minimum absolute atomic E-state index is 0.0944. The van der Waals surface area contributed by atoms with Crippen molar-refractivity contribution in [3.05, 3.63) is 17.5 Å². The average Bonchev–Trinajstić information content (AvgIpc) is 2.94. The van der Waals surface area contributed by atoms with E-state index >= 15 is 0 Å². The summed E-state index contributed by atoms with van der Waals surface area (Å²) in [6, 6.07) is 2.11. The highest BCUT2D eigenvalue weighted by atomic mass is 16.5. The molecule has 0 radical (unpaired) electrons. The first-order valence-electron chi connectivity index (χ1n) is 8.93. The molecule has 0 N–H and O–H groups in total. The number of aryl methyl sites for hydroxylation is 1. The van der Waals surface area contributed by atoms with Crippen LogP contribution in [0.25, 0.3) is 0 Å². The van der Waals surface area contributed by atoms with Crippen LogP contribution in [0.1, 0.15) is 44.6 Å². The quantitative estimate of drug-likeness (QED) is 0.845. The zero-order chi connectivity index (χ0) is 17.3. The Balaban J connectivity index is 1.62. The van der Waals surface area contributed by atoms with Crippen molar-refractivity contribution in [1.29, 1.82) is 0 Å². The second-order valence-electron chi connectivity index (χ2n) is 7.55. The van der Waals surface area contributed by atoms with Gasteiger partial charge in [-0.3, -0.25) is 9.59 Å². The van der Waals surface area contributed by atoms with Crippen molar-refractivity contribution in [2.24, 2.45) is 11.8 Å². The van der Waals surface area contributed by atoms with Crippen molar-refractivity contribution in [3.63, 3.8) is 0 Å². The average molecular weight is 333 g/mol. The first-order valence-corrected chi connectivity index (χ1v) is 8.93. The Bertz CT molecular complexity index is 610. The molecule has 6 nitrogen and oxygen atoms in total. The first-order chi connectivity index (χ1) is 11.4. The van der Waals surface area contributed by atoms with E-state index in [1.54, 1.807) is 0 Å². The fourth-order valence-corrected chi connectivity index (χ4v) is 3.97. The molecule has 3 heterocycles. The molecular formula is C18H27N3O3. The molecule has 2 aliphatic heterocycles. The lowest BCUT2D eigenvalue weighted by Crippen LogP contribution is -2.57. The minimum atomic E-state index is 0.0944. The van der Waals surface area contributed by atoms with Gasteiger partial charge in [-0.2, -0.15) is 0 Å². The van der Waals surface area contributed by atoms with Gasteiger partial charge in [-0.05, 0) is 31.6 Å². The molecule has 132 valence electrons. The van der Waals surface area contributed by atoms with Crippen LogP contribution in [0.5, 0.6) is 0 Å². The maximum Gasteiger partial charge on any atom is 0.230 e. The van der Waals surface area contributed by atoms with Crippen LogP contribution in [-0.4, -0.2) is 52.4 Å². The van der Waals surface area contributed by atoms with Gasteiger partial charge in [0.05, 0.1) is 12.1 Å². The van der Waals surface area contributed by atoms with Crippen LogP contribution in [0.15, 0.2) is 10.6 Å². The number of piperidine rings is 2. The molecule has 2 saturated heterocycles. The lowest BCUT2D eigenvalue weighted by Gasteiger charge is -2.47. The third-order valence-electron chi connectivity index (χ3n) is 5.06. The number of nitrogens with zero attached hydrogens (tertiary/aromatic N) is 3. The van der Waals surface area contributed by atoms with Crippen LogP contribution in [-0.2, 0) is 16.0 Å². The SMILES string of the molecule is Cc1cc(CC(=O)N2CC[C@@H]3[C@@H](CCC(=O)N3CC(C)C)C2)on1. The highest BCUT2D eigenvalue weighted by Crippen LogP contribution is 2.32. The second-order valence-corrected chi connectivity index (χ2v) is 7.55. The van der Waals surface area contributed by atoms with Crippen LogP contribution in [0.3, 0.4) is 0 Å². The number of amides is 2. The highest BCUT2D eigenvalue weighted by molar-refractivity contribution is 5.79. The van der Waals surface area contributed by atoms with Crippen molar-refractivity contribution in [1.82, 2.24) is 15.0 Å². The van der Waals surface area contributed by atoms with Gasteiger partial charge in [0, 0.05) is 38.2 Å². The monoisotopic (exact) mass is 333 g/mol. The van der Waals surface area contributed by atoms with Crippen molar-refractivity contribution in [2.45, 2.75) is 52.5 Å². The number of hydrogen-bond donors (Lipinski definition) is 0. The fourth-order valence-electron chi connectivity index (χ4n) is 3.97. The summed E-state index contributed by atoms with van der Waals surface area (Å²) in [6.45, 7) is 8.44. The summed E-state index contributed by atoms with van der Waals surface area (Å²) in [6.07, 6.45) is 2.65. The molecule has 24 heavy (non-hydrogen) atoms. The van der Waals surface area contributed by atoms with Gasteiger partial charge >= 0.3 is 0 Å². The maximum absolute atomic E-state index is 12.5. The van der Waals surface area contributed by atoms with Crippen LogP contribution in [0.2, 0.25) is 0 Å². The highest BCUT2D eigenvalue weighted by Gasteiger charge is 2.40. The zero-order valence-corrected chi connectivity index (χ0v) is 14.8. The molecule has 2 atom stereocenters. The number of carbonyl (C=O) groups excluding carboxylic acids is 2. The van der Waals surface area contributed by atoms with E-state index in [1.165, 1.54) is 0 Å². The van der Waals surface area contributed by atoms with Gasteiger partial charge in [0.15, 0.2) is 0 Å². The third kappa shape index (κ3) is 3.62. The molecular weight excluding hydrogens is 306 g/mol. The predicted octanol–water partition coefficient (Wildman–Crippen LogP) is 2.02. The lowest BCUT2D eigenvalue weighted by atomic mass is 9.83. The standard InChI is InChI=1S/C18H27N3O3/c1-12(2)10-21-16-6-7-20(11-14(16)4-5-17(21)22)18(23)9-15-8-13(3)19-24-15/h8,12,14,16H,4-7,9-11H2,1-3H3/t14-,16+/m0/s1. The van der Waals surface area contributed by atoms with Gasteiger partial charge in [0.2, 0.25) is 11.8 Å². The Morgan fingerprint density at radius 3 is 2.88 bits per heavy atom. The number of likely N-dealkylation sites (tertiary alicyclic amines) is 2. The summed E-state index contributed by atoms with van der Waals surface area (Å²) < 4.78 is 5.16. The number of rotatable bonds is 4. The summed E-state index contributed by atoms with van der Waals surface area (Å²) in [4.78, 5) is 28.8. The molecule has 0 aliphatic carbocycles. The fraction of sp³-hybridized carbons (Fsp3) is 0.722. The number of aromatic nitrogens is 1. The van der Waals surface area contributed by atoms with E-state index in [9.17, 15) is 9.59 Å². The van der Waals surface area contributed by atoms with Crippen LogP contribution in [0, 0.1) is 18.8 Å². The Kier molecular flexibility index (Phi) is 4.92. The van der Waals surface area contributed by atoms with E-state index in [1.807, 2.05) is 17.9 Å². The lowest BCUT2D eigenvalue weighted by molar-refractivity contribution is -0.144. The molecule has 2 amide bonds. The molecule has 1 aromatic rings. The van der Waals surface area contributed by atoms with E-state index < -0.39 is 0 Å². The van der Waals surface area contributed by atoms with E-state index in [2.05, 4.69) is 23.9 Å². The Morgan fingerprint density at radius 1 is 1.42 bits per heavy atom. The Hall–Kier alpha value is -1.85. The van der Waals surface area contributed by atoms with Gasteiger partial charge in [-0.25, -0.2) is 0 Å². The summed E-state index contributed by atoms with van der Waals surface area (Å²) in [5.41, 5.74) is 0.798. The number of carbonyl (C=O) groups is 2. The largest absolute Gasteiger partial charge is 0.361 e. The molecule has 0 unspecified atom stereocenters. The first kappa shape index (κ1) is 17.0. The summed E-state index contributed by atoms with van der Waals surface area (Å²) in [7, 11) is 0. The van der Waals surface area contributed by atoms with E-state index in [-0.39, 0.29) is 18.2 Å². The topological polar surface area (TPSA) is 66.7 Å². The van der Waals surface area contributed by atoms with Crippen molar-refractivity contribution in [2.75, 3.05) is 19.6 Å². The summed E-state index contributed by atoms with van der Waals surface area (Å²) >= 11 is 0. The molecule has 2 aliphatic rings. The van der Waals surface area contributed by atoms with Gasteiger partial charge < -0.3 is 14.3 Å². The molecule has 2 fully saturated rings. The van der Waals surface area contributed by atoms with Crippen LogP contribution >= 0.6 is 0 Å². The molecule has 0 spiro atoms. The Morgan fingerprint density at radius 2 is 2.21 bits per heavy atom. The van der Waals surface area contributed by atoms with Gasteiger partial charge in [0.1, 0.15) is 5.76 Å². The van der Waals surface area contributed by atoms with Gasteiger partial charge in [0.25, 0.3) is 0 Å². The zero-order valence-electron chi connectivity index (χ0n) is 14.8. The van der Waals surface area contributed by atoms with Crippen molar-refractivity contribution < 1.29 is 14.1 Å². The molecule has 6 heteroatoms. The molecule has 0 saturated carbocycles. The van der Waals surface area contributed by atoms with E-state index in [4.69, 9.17) is 4.52 Å². The second kappa shape index (κ2) is 6.95. The summed E-state index contributed by atoms with van der Waals surface area (Å²) in [5, 5.41) is 3.84. The third-order valence-corrected chi connectivity index (χ3v) is 5.06. The molecule has 0 bridgehead atoms. The van der Waals surface area contributed by atoms with Crippen LogP contribution in [0.4, 0.5) is 0 Å². The van der Waals surface area contributed by atoms with Crippen molar-refractivity contribution >= 4 is 11.8 Å². The van der Waals surface area contributed by atoms with Crippen molar-refractivity contribution in [3.8, 4) is 0 Å². The maximum atomic E-state index is 12.5.